The Hall–Kier alpha value is -2.34. The zero-order valence-electron chi connectivity index (χ0n) is 12.5. The molecule has 6 nitrogen and oxygen atoms in total. The lowest BCUT2D eigenvalue weighted by Gasteiger charge is -2.20. The Morgan fingerprint density at radius 2 is 2.09 bits per heavy atom. The number of nitrogens with zero attached hydrogens (tertiary/aromatic N) is 3. The van der Waals surface area contributed by atoms with Gasteiger partial charge >= 0.3 is 5.97 Å². The highest BCUT2D eigenvalue weighted by molar-refractivity contribution is 6.34. The van der Waals surface area contributed by atoms with Gasteiger partial charge in [-0.15, -0.1) is 0 Å². The maximum Gasteiger partial charge on any atom is 0.335 e. The summed E-state index contributed by atoms with van der Waals surface area (Å²) in [6.45, 7) is 3.94. The third-order valence-corrected chi connectivity index (χ3v) is 3.88. The number of halogens is 1. The second-order valence-corrected chi connectivity index (χ2v) is 5.15. The molecular weight excluding hydrogens is 306 g/mol. The monoisotopic (exact) mass is 321 g/mol. The Morgan fingerprint density at radius 1 is 1.41 bits per heavy atom. The smallest absolute Gasteiger partial charge is 0.335 e. The van der Waals surface area contributed by atoms with Gasteiger partial charge in [0.1, 0.15) is 0 Å². The van der Waals surface area contributed by atoms with Gasteiger partial charge in [-0.2, -0.15) is 5.10 Å². The van der Waals surface area contributed by atoms with Crippen LogP contribution in [0.3, 0.4) is 0 Å². The van der Waals surface area contributed by atoms with Crippen molar-refractivity contribution in [3.8, 4) is 0 Å². The van der Waals surface area contributed by atoms with Crippen molar-refractivity contribution in [3.63, 3.8) is 0 Å². The molecule has 0 unspecified atom stereocenters. The number of amides is 1. The second kappa shape index (κ2) is 6.19. The van der Waals surface area contributed by atoms with E-state index in [1.807, 2.05) is 0 Å². The van der Waals surface area contributed by atoms with Crippen molar-refractivity contribution in [2.45, 2.75) is 13.8 Å². The summed E-state index contributed by atoms with van der Waals surface area (Å²) in [6, 6.07) is 6.20. The van der Waals surface area contributed by atoms with Crippen molar-refractivity contribution in [1.29, 1.82) is 0 Å². The molecule has 0 radical (unpaired) electrons. The summed E-state index contributed by atoms with van der Waals surface area (Å²) in [6.07, 6.45) is 0. The van der Waals surface area contributed by atoms with Crippen molar-refractivity contribution in [2.75, 3.05) is 11.4 Å². The van der Waals surface area contributed by atoms with Crippen LogP contribution >= 0.6 is 11.6 Å². The molecule has 1 aromatic carbocycles. The maximum absolute atomic E-state index is 12.7. The maximum atomic E-state index is 12.7. The van der Waals surface area contributed by atoms with Crippen LogP contribution in [-0.4, -0.2) is 33.3 Å². The molecule has 116 valence electrons. The number of benzene rings is 1. The van der Waals surface area contributed by atoms with Crippen LogP contribution in [-0.2, 0) is 7.05 Å². The largest absolute Gasteiger partial charge is 0.478 e. The Bertz CT molecular complexity index is 740. The fourth-order valence-corrected chi connectivity index (χ4v) is 2.34. The van der Waals surface area contributed by atoms with Crippen LogP contribution in [0.2, 0.25) is 5.02 Å². The standard InChI is InChI=1S/C15H16ClN3O3/c1-4-19(11-7-5-6-10(8-11)15(21)22)14(20)13-12(16)9(2)18(3)17-13/h5-8H,4H2,1-3H3,(H,21,22). The van der Waals surface area contributed by atoms with Crippen LogP contribution < -0.4 is 4.90 Å². The molecule has 0 aliphatic rings. The van der Waals surface area contributed by atoms with E-state index in [4.69, 9.17) is 16.7 Å². The summed E-state index contributed by atoms with van der Waals surface area (Å²) in [4.78, 5) is 25.2. The summed E-state index contributed by atoms with van der Waals surface area (Å²) in [5, 5.41) is 13.5. The lowest BCUT2D eigenvalue weighted by molar-refractivity contribution is 0.0696. The normalized spacial score (nSPS) is 10.5. The Labute approximate surface area is 132 Å². The van der Waals surface area contributed by atoms with E-state index < -0.39 is 5.97 Å². The Morgan fingerprint density at radius 3 is 2.59 bits per heavy atom. The zero-order chi connectivity index (χ0) is 16.4. The predicted molar refractivity (Wildman–Crippen MR) is 83.7 cm³/mol. The van der Waals surface area contributed by atoms with Crippen molar-refractivity contribution in [2.24, 2.45) is 7.05 Å². The lowest BCUT2D eigenvalue weighted by Crippen LogP contribution is -2.31. The molecule has 0 aliphatic heterocycles. The first kappa shape index (κ1) is 16.0. The van der Waals surface area contributed by atoms with Crippen LogP contribution in [0.5, 0.6) is 0 Å². The van der Waals surface area contributed by atoms with Gasteiger partial charge in [-0.25, -0.2) is 4.79 Å². The minimum Gasteiger partial charge on any atom is -0.478 e. The van der Waals surface area contributed by atoms with E-state index in [2.05, 4.69) is 5.10 Å². The first-order chi connectivity index (χ1) is 10.4. The highest BCUT2D eigenvalue weighted by Crippen LogP contribution is 2.24. The van der Waals surface area contributed by atoms with Crippen molar-refractivity contribution < 1.29 is 14.7 Å². The van der Waals surface area contributed by atoms with Gasteiger partial charge in [0, 0.05) is 19.3 Å². The molecule has 2 rings (SSSR count). The molecule has 1 N–H and O–H groups in total. The average Bonchev–Trinajstić information content (AvgIpc) is 2.76. The molecule has 0 bridgehead atoms. The molecule has 0 atom stereocenters. The van der Waals surface area contributed by atoms with Gasteiger partial charge in [-0.3, -0.25) is 9.48 Å². The number of rotatable bonds is 4. The quantitative estimate of drug-likeness (QED) is 0.939. The topological polar surface area (TPSA) is 75.4 Å². The molecule has 2 aromatic rings. The Kier molecular flexibility index (Phi) is 4.51. The molecule has 1 heterocycles. The fraction of sp³-hybridized carbons (Fsp3) is 0.267. The third-order valence-electron chi connectivity index (χ3n) is 3.43. The average molecular weight is 322 g/mol. The first-order valence-electron chi connectivity index (χ1n) is 6.71. The van der Waals surface area contributed by atoms with E-state index in [-0.39, 0.29) is 17.2 Å². The minimum atomic E-state index is -1.04. The van der Waals surface area contributed by atoms with E-state index in [0.29, 0.717) is 22.9 Å². The van der Waals surface area contributed by atoms with Gasteiger partial charge in [0.05, 0.1) is 16.3 Å². The van der Waals surface area contributed by atoms with Crippen LogP contribution in [0.1, 0.15) is 33.5 Å². The number of hydrogen-bond donors (Lipinski definition) is 1. The second-order valence-electron chi connectivity index (χ2n) is 4.78. The number of carboxylic acids is 1. The third kappa shape index (κ3) is 2.82. The molecule has 1 amide bonds. The van der Waals surface area contributed by atoms with E-state index in [0.717, 1.165) is 0 Å². The number of hydrogen-bond acceptors (Lipinski definition) is 3. The van der Waals surface area contributed by atoms with Gasteiger partial charge < -0.3 is 10.0 Å². The van der Waals surface area contributed by atoms with E-state index in [9.17, 15) is 9.59 Å². The minimum absolute atomic E-state index is 0.118. The van der Waals surface area contributed by atoms with Crippen LogP contribution in [0.25, 0.3) is 0 Å². The van der Waals surface area contributed by atoms with E-state index >= 15 is 0 Å². The fourth-order valence-electron chi connectivity index (χ4n) is 2.10. The summed E-state index contributed by atoms with van der Waals surface area (Å²) in [5.41, 5.74) is 1.46. The summed E-state index contributed by atoms with van der Waals surface area (Å²) < 4.78 is 1.54. The summed E-state index contributed by atoms with van der Waals surface area (Å²) in [5.74, 6) is -1.41. The van der Waals surface area contributed by atoms with Crippen LogP contribution in [0.4, 0.5) is 5.69 Å². The molecule has 0 saturated heterocycles. The van der Waals surface area contributed by atoms with E-state index in [1.54, 1.807) is 33.0 Å². The summed E-state index contributed by atoms with van der Waals surface area (Å²) in [7, 11) is 1.71. The number of aryl methyl sites for hydroxylation is 1. The zero-order valence-corrected chi connectivity index (χ0v) is 13.3. The molecule has 22 heavy (non-hydrogen) atoms. The van der Waals surface area contributed by atoms with Crippen molar-refractivity contribution in [3.05, 3.63) is 46.2 Å². The van der Waals surface area contributed by atoms with Crippen molar-refractivity contribution >= 4 is 29.2 Å². The molecular formula is C15H16ClN3O3. The molecule has 0 spiro atoms. The highest BCUT2D eigenvalue weighted by Gasteiger charge is 2.24. The Balaban J connectivity index is 2.43. The van der Waals surface area contributed by atoms with Gasteiger partial charge in [0.15, 0.2) is 5.69 Å². The van der Waals surface area contributed by atoms with Gasteiger partial charge in [-0.1, -0.05) is 17.7 Å². The highest BCUT2D eigenvalue weighted by atomic mass is 35.5. The molecule has 0 aliphatic carbocycles. The number of carbonyl (C=O) groups is 2. The summed E-state index contributed by atoms with van der Waals surface area (Å²) >= 11 is 6.15. The number of carboxylic acid groups (broad SMARTS) is 1. The van der Waals surface area contributed by atoms with E-state index in [1.165, 1.54) is 21.7 Å². The van der Waals surface area contributed by atoms with Crippen molar-refractivity contribution in [1.82, 2.24) is 9.78 Å². The first-order valence-corrected chi connectivity index (χ1v) is 7.09. The van der Waals surface area contributed by atoms with Crippen LogP contribution in [0.15, 0.2) is 24.3 Å². The lowest BCUT2D eigenvalue weighted by atomic mass is 10.2. The molecule has 0 saturated carbocycles. The number of aromatic nitrogens is 2. The predicted octanol–water partition coefficient (Wildman–Crippen LogP) is 2.75. The SMILES string of the molecule is CCN(C(=O)c1nn(C)c(C)c1Cl)c1cccc(C(=O)O)c1. The number of carbonyl (C=O) groups excluding carboxylic acids is 1. The number of aromatic carboxylic acids is 1. The van der Waals surface area contributed by atoms with Gasteiger partial charge in [0.2, 0.25) is 0 Å². The molecule has 0 fully saturated rings. The number of anilines is 1. The van der Waals surface area contributed by atoms with Gasteiger partial charge in [0.25, 0.3) is 5.91 Å². The molecule has 7 heteroatoms. The van der Waals surface area contributed by atoms with Gasteiger partial charge in [-0.05, 0) is 32.0 Å². The van der Waals surface area contributed by atoms with Crippen LogP contribution in [0, 0.1) is 6.92 Å². The molecule has 1 aromatic heterocycles.